The van der Waals surface area contributed by atoms with Crippen molar-refractivity contribution < 1.29 is 13.2 Å². The molecule has 4 nitrogen and oxygen atoms in total. The van der Waals surface area contributed by atoms with E-state index in [1.165, 1.54) is 5.41 Å². The number of hydrogen-bond acceptors (Lipinski definition) is 3. The van der Waals surface area contributed by atoms with Crippen LogP contribution in [0.4, 0.5) is 5.69 Å². The summed E-state index contributed by atoms with van der Waals surface area (Å²) in [5, 5.41) is 1.20. The van der Waals surface area contributed by atoms with Crippen LogP contribution in [0.1, 0.15) is 21.5 Å². The third kappa shape index (κ3) is 3.41. The predicted molar refractivity (Wildman–Crippen MR) is 95.9 cm³/mol. The molecule has 0 aliphatic carbocycles. The summed E-state index contributed by atoms with van der Waals surface area (Å²) in [6.07, 6.45) is 1.59. The molecule has 1 amide bonds. The maximum Gasteiger partial charge on any atom is 0.258 e. The number of anilines is 1. The minimum absolute atomic E-state index is 0.0848. The molecule has 0 bridgehead atoms. The van der Waals surface area contributed by atoms with Gasteiger partial charge in [-0.05, 0) is 55.3 Å². The highest BCUT2D eigenvalue weighted by Crippen LogP contribution is 2.27. The van der Waals surface area contributed by atoms with Crippen LogP contribution in [0.15, 0.2) is 60.0 Å². The molecule has 0 saturated carbocycles. The van der Waals surface area contributed by atoms with E-state index in [1.807, 2.05) is 38.1 Å². The summed E-state index contributed by atoms with van der Waals surface area (Å²) in [5.74, 6) is -0.286. The normalized spacial score (nSPS) is 18.5. The molecule has 5 heteroatoms. The second kappa shape index (κ2) is 6.24. The molecule has 0 unspecified atom stereocenters. The van der Waals surface area contributed by atoms with E-state index >= 15 is 0 Å². The van der Waals surface area contributed by atoms with Crippen molar-refractivity contribution in [1.29, 1.82) is 0 Å². The number of carbonyl (C=O) groups is 1. The minimum atomic E-state index is -3.26. The Bertz CT molecular complexity index is 881. The van der Waals surface area contributed by atoms with Crippen LogP contribution in [0.3, 0.4) is 0 Å². The Balaban J connectivity index is 2.08. The summed E-state index contributed by atoms with van der Waals surface area (Å²) in [6.45, 7) is 3.92. The van der Waals surface area contributed by atoms with Gasteiger partial charge in [-0.15, -0.1) is 0 Å². The van der Waals surface area contributed by atoms with E-state index in [9.17, 15) is 13.2 Å². The summed E-state index contributed by atoms with van der Waals surface area (Å²) >= 11 is 0. The minimum Gasteiger partial charge on any atom is -0.300 e. The van der Waals surface area contributed by atoms with Crippen LogP contribution in [-0.4, -0.2) is 26.1 Å². The lowest BCUT2D eigenvalue weighted by molar-refractivity contribution is 0.0983. The maximum atomic E-state index is 13.1. The highest BCUT2D eigenvalue weighted by molar-refractivity contribution is 7.94. The number of amides is 1. The fraction of sp³-hybridized carbons (Fsp3) is 0.211. The Hall–Kier alpha value is -2.40. The zero-order chi connectivity index (χ0) is 17.3. The molecule has 0 saturated heterocycles. The summed E-state index contributed by atoms with van der Waals surface area (Å²) < 4.78 is 23.7. The van der Waals surface area contributed by atoms with Gasteiger partial charge in [0, 0.05) is 16.7 Å². The van der Waals surface area contributed by atoms with Gasteiger partial charge in [0.25, 0.3) is 5.91 Å². The first kappa shape index (κ1) is 16.5. The first-order valence-corrected chi connectivity index (χ1v) is 9.45. The van der Waals surface area contributed by atoms with Crippen molar-refractivity contribution >= 4 is 21.4 Å². The number of rotatable bonds is 3. The Labute approximate surface area is 142 Å². The van der Waals surface area contributed by atoms with Gasteiger partial charge in [-0.2, -0.15) is 0 Å². The van der Waals surface area contributed by atoms with Crippen molar-refractivity contribution in [3.8, 4) is 0 Å². The lowest BCUT2D eigenvalue weighted by Gasteiger charge is -2.28. The molecule has 1 aliphatic rings. The largest absolute Gasteiger partial charge is 0.300 e. The number of nitrogens with zero attached hydrogens (tertiary/aromatic N) is 1. The molecule has 3 rings (SSSR count). The molecule has 124 valence electrons. The molecule has 1 heterocycles. The molecule has 24 heavy (non-hydrogen) atoms. The van der Waals surface area contributed by atoms with Crippen molar-refractivity contribution in [3.05, 3.63) is 76.7 Å². The highest BCUT2D eigenvalue weighted by Gasteiger charge is 2.32. The SMILES string of the molecule is Cc1cc(C)cc(N(C(=O)c2ccccc2)[C@@H]2C=CS(=O)(=O)C2)c1. The standard InChI is InChI=1S/C19H19NO3S/c1-14-10-15(2)12-18(11-14)20(17-8-9-24(22,23)13-17)19(21)16-6-4-3-5-7-16/h3-12,17H,13H2,1-2H3/t17-/m1/s1. The van der Waals surface area contributed by atoms with E-state index in [2.05, 4.69) is 0 Å². The van der Waals surface area contributed by atoms with Gasteiger partial charge < -0.3 is 4.90 Å². The molecule has 1 atom stereocenters. The van der Waals surface area contributed by atoms with E-state index in [1.54, 1.807) is 35.2 Å². The van der Waals surface area contributed by atoms with Crippen molar-refractivity contribution in [3.63, 3.8) is 0 Å². The average Bonchev–Trinajstić information content (AvgIpc) is 2.87. The van der Waals surface area contributed by atoms with Gasteiger partial charge in [0.2, 0.25) is 0 Å². The fourth-order valence-electron chi connectivity index (χ4n) is 2.99. The molecule has 0 fully saturated rings. The Kier molecular flexibility index (Phi) is 4.28. The van der Waals surface area contributed by atoms with Gasteiger partial charge in [0.15, 0.2) is 9.84 Å². The Morgan fingerprint density at radius 1 is 1.04 bits per heavy atom. The Morgan fingerprint density at radius 2 is 1.67 bits per heavy atom. The monoisotopic (exact) mass is 341 g/mol. The van der Waals surface area contributed by atoms with Crippen LogP contribution in [0.2, 0.25) is 0 Å². The van der Waals surface area contributed by atoms with Crippen LogP contribution < -0.4 is 4.90 Å². The van der Waals surface area contributed by atoms with Crippen molar-refractivity contribution in [2.75, 3.05) is 10.7 Å². The van der Waals surface area contributed by atoms with Gasteiger partial charge in [-0.3, -0.25) is 4.79 Å². The van der Waals surface area contributed by atoms with Gasteiger partial charge in [0.05, 0.1) is 11.8 Å². The number of hydrogen-bond donors (Lipinski definition) is 0. The fourth-order valence-corrected chi connectivity index (χ4v) is 4.26. The maximum absolute atomic E-state index is 13.1. The second-order valence-corrected chi connectivity index (χ2v) is 8.04. The van der Waals surface area contributed by atoms with Gasteiger partial charge in [0.1, 0.15) is 0 Å². The zero-order valence-corrected chi connectivity index (χ0v) is 14.5. The van der Waals surface area contributed by atoms with Crippen molar-refractivity contribution in [1.82, 2.24) is 0 Å². The molecule has 0 spiro atoms. The van der Waals surface area contributed by atoms with Gasteiger partial charge in [-0.25, -0.2) is 8.42 Å². The van der Waals surface area contributed by atoms with E-state index in [-0.39, 0.29) is 11.7 Å². The Morgan fingerprint density at radius 3 is 2.21 bits per heavy atom. The summed E-state index contributed by atoms with van der Waals surface area (Å²) in [6, 6.07) is 14.3. The number of benzene rings is 2. The van der Waals surface area contributed by atoms with Crippen LogP contribution in [0.25, 0.3) is 0 Å². The van der Waals surface area contributed by atoms with Crippen LogP contribution in [-0.2, 0) is 9.84 Å². The molecule has 0 N–H and O–H groups in total. The molecule has 1 aliphatic heterocycles. The average molecular weight is 341 g/mol. The number of sulfone groups is 1. The van der Waals surface area contributed by atoms with Crippen LogP contribution >= 0.6 is 0 Å². The van der Waals surface area contributed by atoms with E-state index in [0.717, 1.165) is 11.1 Å². The topological polar surface area (TPSA) is 54.5 Å². The smallest absolute Gasteiger partial charge is 0.258 e. The second-order valence-electron chi connectivity index (χ2n) is 6.11. The molecule has 2 aromatic rings. The van der Waals surface area contributed by atoms with E-state index in [0.29, 0.717) is 11.3 Å². The van der Waals surface area contributed by atoms with E-state index < -0.39 is 15.9 Å². The third-order valence-corrected chi connectivity index (χ3v) is 5.34. The first-order chi connectivity index (χ1) is 11.4. The molecule has 0 radical (unpaired) electrons. The lowest BCUT2D eigenvalue weighted by atomic mass is 10.1. The molecule has 2 aromatic carbocycles. The quantitative estimate of drug-likeness (QED) is 0.861. The van der Waals surface area contributed by atoms with Gasteiger partial charge in [-0.1, -0.05) is 24.3 Å². The predicted octanol–water partition coefficient (Wildman–Crippen LogP) is 3.26. The van der Waals surface area contributed by atoms with Crippen LogP contribution in [0, 0.1) is 13.8 Å². The number of aryl methyl sites for hydroxylation is 2. The summed E-state index contributed by atoms with van der Waals surface area (Å²) in [5.41, 5.74) is 3.31. The molecular formula is C19H19NO3S. The summed E-state index contributed by atoms with van der Waals surface area (Å²) in [4.78, 5) is 14.6. The van der Waals surface area contributed by atoms with Crippen molar-refractivity contribution in [2.45, 2.75) is 19.9 Å². The highest BCUT2D eigenvalue weighted by atomic mass is 32.2. The van der Waals surface area contributed by atoms with E-state index in [4.69, 9.17) is 0 Å². The third-order valence-electron chi connectivity index (χ3n) is 3.97. The van der Waals surface area contributed by atoms with Crippen molar-refractivity contribution in [2.24, 2.45) is 0 Å². The first-order valence-electron chi connectivity index (χ1n) is 7.73. The van der Waals surface area contributed by atoms with Crippen LogP contribution in [0.5, 0.6) is 0 Å². The zero-order valence-electron chi connectivity index (χ0n) is 13.6. The molecule has 0 aromatic heterocycles. The number of carbonyl (C=O) groups excluding carboxylic acids is 1. The summed E-state index contributed by atoms with van der Waals surface area (Å²) in [7, 11) is -3.26. The molecular weight excluding hydrogens is 322 g/mol. The van der Waals surface area contributed by atoms with Gasteiger partial charge >= 0.3 is 0 Å². The lowest BCUT2D eigenvalue weighted by Crippen LogP contribution is -2.41.